The van der Waals surface area contributed by atoms with E-state index in [2.05, 4.69) is 10.6 Å². The molecule has 0 aromatic heterocycles. The molecule has 10 heteroatoms. The maximum absolute atomic E-state index is 12.7. The first-order valence-corrected chi connectivity index (χ1v) is 13.7. The second kappa shape index (κ2) is 15.0. The highest BCUT2D eigenvalue weighted by Crippen LogP contribution is 2.18. The molecule has 1 heterocycles. The summed E-state index contributed by atoms with van der Waals surface area (Å²) in [5.74, 6) is -0.399. The molecule has 0 saturated carbocycles. The van der Waals surface area contributed by atoms with Gasteiger partial charge in [0.1, 0.15) is 11.8 Å². The number of esters is 1. The van der Waals surface area contributed by atoms with Crippen LogP contribution in [0.15, 0.2) is 54.6 Å². The van der Waals surface area contributed by atoms with E-state index in [-0.39, 0.29) is 24.3 Å². The second-order valence-corrected chi connectivity index (χ2v) is 10.5. The third-order valence-electron chi connectivity index (χ3n) is 6.76. The van der Waals surface area contributed by atoms with E-state index >= 15 is 0 Å². The van der Waals surface area contributed by atoms with Gasteiger partial charge in [-0.15, -0.1) is 0 Å². The van der Waals surface area contributed by atoms with Crippen LogP contribution in [0.4, 0.5) is 4.79 Å². The molecule has 0 unspecified atom stereocenters. The second-order valence-electron chi connectivity index (χ2n) is 10.5. The van der Waals surface area contributed by atoms with Crippen LogP contribution in [0.2, 0.25) is 0 Å². The Hall–Kier alpha value is -3.92. The zero-order chi connectivity index (χ0) is 29.1. The molecular formula is C30H40N4O6. The Morgan fingerprint density at radius 1 is 0.975 bits per heavy atom. The highest BCUT2D eigenvalue weighted by Gasteiger charge is 2.27. The fraction of sp³-hybridized carbons (Fsp3) is 0.467. The molecule has 0 bridgehead atoms. The van der Waals surface area contributed by atoms with Crippen molar-refractivity contribution >= 4 is 23.9 Å². The molecule has 1 aliphatic heterocycles. The number of piperidine rings is 1. The lowest BCUT2D eigenvalue weighted by molar-refractivity contribution is -0.145. The average molecular weight is 553 g/mol. The van der Waals surface area contributed by atoms with Crippen LogP contribution in [0.5, 0.6) is 5.75 Å². The summed E-state index contributed by atoms with van der Waals surface area (Å²) in [6, 6.07) is 14.7. The number of carbonyl (C=O) groups is 4. The number of nitrogens with zero attached hydrogens (tertiary/aromatic N) is 1. The Balaban J connectivity index is 1.46. The first-order chi connectivity index (χ1) is 19.1. The van der Waals surface area contributed by atoms with Crippen molar-refractivity contribution in [3.63, 3.8) is 0 Å². The minimum absolute atomic E-state index is 0.0164. The molecule has 10 nitrogen and oxygen atoms in total. The monoisotopic (exact) mass is 552 g/mol. The van der Waals surface area contributed by atoms with Gasteiger partial charge >= 0.3 is 12.1 Å². The van der Waals surface area contributed by atoms with Gasteiger partial charge in [0.05, 0.1) is 19.6 Å². The Morgan fingerprint density at radius 3 is 2.23 bits per heavy atom. The van der Waals surface area contributed by atoms with Crippen molar-refractivity contribution in [1.82, 2.24) is 15.5 Å². The van der Waals surface area contributed by atoms with E-state index in [1.807, 2.05) is 44.2 Å². The molecule has 3 amide bonds. The number of ether oxygens (including phenoxy) is 2. The number of amides is 3. The fourth-order valence-electron chi connectivity index (χ4n) is 4.59. The summed E-state index contributed by atoms with van der Waals surface area (Å²) in [4.78, 5) is 51.4. The minimum Gasteiger partial charge on any atom is -0.467 e. The topological polar surface area (TPSA) is 140 Å². The van der Waals surface area contributed by atoms with Gasteiger partial charge in [0, 0.05) is 25.6 Å². The lowest BCUT2D eigenvalue weighted by atomic mass is 10.0. The van der Waals surface area contributed by atoms with Gasteiger partial charge in [-0.2, -0.15) is 0 Å². The van der Waals surface area contributed by atoms with Crippen molar-refractivity contribution in [2.75, 3.05) is 20.2 Å². The highest BCUT2D eigenvalue weighted by molar-refractivity contribution is 5.87. The van der Waals surface area contributed by atoms with E-state index in [0.717, 1.165) is 11.1 Å². The van der Waals surface area contributed by atoms with Crippen molar-refractivity contribution in [3.05, 3.63) is 65.7 Å². The normalized spacial score (nSPS) is 15.2. The molecule has 1 fully saturated rings. The summed E-state index contributed by atoms with van der Waals surface area (Å²) in [6.07, 6.45) is 1.87. The molecule has 1 aliphatic rings. The van der Waals surface area contributed by atoms with Gasteiger partial charge in [-0.3, -0.25) is 9.59 Å². The SMILES string of the molecule is COC(=O)[C@H](Cc1ccc(OC(=O)N2CCC(NC(=O)Cc3ccccc3)CC2)cc1)NC(=O)[C@@H](N)CC(C)C. The molecule has 2 aromatic carbocycles. The van der Waals surface area contributed by atoms with Crippen LogP contribution < -0.4 is 21.1 Å². The summed E-state index contributed by atoms with van der Waals surface area (Å²) >= 11 is 0. The molecule has 2 atom stereocenters. The molecule has 0 spiro atoms. The molecule has 0 radical (unpaired) electrons. The van der Waals surface area contributed by atoms with E-state index in [0.29, 0.717) is 44.5 Å². The number of nitrogens with one attached hydrogen (secondary N) is 2. The third-order valence-corrected chi connectivity index (χ3v) is 6.76. The molecular weight excluding hydrogens is 512 g/mol. The van der Waals surface area contributed by atoms with Crippen LogP contribution in [0.1, 0.15) is 44.2 Å². The molecule has 1 saturated heterocycles. The van der Waals surface area contributed by atoms with E-state index < -0.39 is 30.1 Å². The van der Waals surface area contributed by atoms with Gasteiger partial charge < -0.3 is 30.7 Å². The highest BCUT2D eigenvalue weighted by atomic mass is 16.6. The molecule has 40 heavy (non-hydrogen) atoms. The van der Waals surface area contributed by atoms with E-state index in [1.165, 1.54) is 7.11 Å². The number of benzene rings is 2. The number of hydrogen-bond donors (Lipinski definition) is 3. The predicted molar refractivity (Wildman–Crippen MR) is 150 cm³/mol. The summed E-state index contributed by atoms with van der Waals surface area (Å²) in [5.41, 5.74) is 7.66. The van der Waals surface area contributed by atoms with Crippen LogP contribution >= 0.6 is 0 Å². The minimum atomic E-state index is -0.890. The number of rotatable bonds is 11. The van der Waals surface area contributed by atoms with Crippen molar-refractivity contribution < 1.29 is 28.7 Å². The van der Waals surface area contributed by atoms with E-state index in [1.54, 1.807) is 29.2 Å². The maximum atomic E-state index is 12.7. The molecule has 0 aliphatic carbocycles. The predicted octanol–water partition coefficient (Wildman–Crippen LogP) is 2.58. The fourth-order valence-corrected chi connectivity index (χ4v) is 4.59. The molecule has 4 N–H and O–H groups in total. The Morgan fingerprint density at radius 2 is 1.62 bits per heavy atom. The van der Waals surface area contributed by atoms with Crippen molar-refractivity contribution in [2.45, 2.75) is 64.1 Å². The average Bonchev–Trinajstić information content (AvgIpc) is 2.93. The van der Waals surface area contributed by atoms with Crippen LogP contribution in [0, 0.1) is 5.92 Å². The van der Waals surface area contributed by atoms with Gasteiger partial charge in [0.2, 0.25) is 11.8 Å². The largest absolute Gasteiger partial charge is 0.467 e. The standard InChI is InChI=1S/C30H40N4O6/c1-20(2)17-25(31)28(36)33-26(29(37)39-3)18-22-9-11-24(12-10-22)40-30(38)34-15-13-23(14-16-34)32-27(35)19-21-7-5-4-6-8-21/h4-12,20,23,25-26H,13-19,31H2,1-3H3,(H,32,35)(H,33,36)/t25-,26-/m0/s1. The van der Waals surface area contributed by atoms with Gasteiger partial charge in [-0.25, -0.2) is 9.59 Å². The molecule has 216 valence electrons. The van der Waals surface area contributed by atoms with E-state index in [4.69, 9.17) is 15.2 Å². The zero-order valence-electron chi connectivity index (χ0n) is 23.4. The summed E-state index contributed by atoms with van der Waals surface area (Å²) in [6.45, 7) is 4.89. The maximum Gasteiger partial charge on any atom is 0.415 e. The smallest absolute Gasteiger partial charge is 0.415 e. The lowest BCUT2D eigenvalue weighted by Gasteiger charge is -2.31. The van der Waals surface area contributed by atoms with Gasteiger partial charge in [0.15, 0.2) is 0 Å². The zero-order valence-corrected chi connectivity index (χ0v) is 23.4. The van der Waals surface area contributed by atoms with E-state index in [9.17, 15) is 19.2 Å². The van der Waals surface area contributed by atoms with Gasteiger partial charge in [-0.1, -0.05) is 56.3 Å². The number of carbonyl (C=O) groups excluding carboxylic acids is 4. The summed E-state index contributed by atoms with van der Waals surface area (Å²) in [5, 5.41) is 5.73. The van der Waals surface area contributed by atoms with Crippen LogP contribution in [-0.4, -0.2) is 67.1 Å². The third kappa shape index (κ3) is 9.68. The van der Waals surface area contributed by atoms with Gasteiger partial charge in [0.25, 0.3) is 0 Å². The summed E-state index contributed by atoms with van der Waals surface area (Å²) < 4.78 is 10.4. The quantitative estimate of drug-likeness (QED) is 0.364. The van der Waals surface area contributed by atoms with Crippen molar-refractivity contribution in [2.24, 2.45) is 11.7 Å². The molecule has 2 aromatic rings. The summed E-state index contributed by atoms with van der Waals surface area (Å²) in [7, 11) is 1.26. The van der Waals surface area contributed by atoms with Gasteiger partial charge in [-0.05, 0) is 48.4 Å². The first kappa shape index (κ1) is 30.6. The van der Waals surface area contributed by atoms with Crippen LogP contribution in [0.25, 0.3) is 0 Å². The Bertz CT molecular complexity index is 1130. The number of hydrogen-bond acceptors (Lipinski definition) is 7. The Labute approximate surface area is 235 Å². The van der Waals surface area contributed by atoms with Crippen molar-refractivity contribution in [1.29, 1.82) is 0 Å². The lowest BCUT2D eigenvalue weighted by Crippen LogP contribution is -2.50. The van der Waals surface area contributed by atoms with Crippen LogP contribution in [-0.2, 0) is 32.0 Å². The Kier molecular flexibility index (Phi) is 11.5. The number of likely N-dealkylation sites (tertiary alicyclic amines) is 1. The molecule has 3 rings (SSSR count). The number of nitrogens with two attached hydrogens (primary N) is 1. The van der Waals surface area contributed by atoms with Crippen molar-refractivity contribution in [3.8, 4) is 5.75 Å². The van der Waals surface area contributed by atoms with Crippen LogP contribution in [0.3, 0.4) is 0 Å². The first-order valence-electron chi connectivity index (χ1n) is 13.7. The number of methoxy groups -OCH3 is 1.